The maximum Gasteiger partial charge on any atom is -0.693 e. The molecule has 11 heteroatoms. The standard InChI is InChI=1S/CHF3O2S.3ClH.Cr.H2N/c2-1(3,4)7(5)6;;;;;/h(H,5,6);3*1H;;1H2/q;;;;+3;-1/p-4. The fraction of sp³-hybridized carbons (Fsp3) is 1.00. The van der Waals surface area contributed by atoms with Crippen LogP contribution in [0, 0.1) is 0 Å². The van der Waals surface area contributed by atoms with Gasteiger partial charge in [-0.3, -0.25) is 4.21 Å². The van der Waals surface area contributed by atoms with Crippen molar-refractivity contribution < 1.29 is 33.3 Å². The van der Waals surface area contributed by atoms with Gasteiger partial charge in [-0.2, -0.15) is 13.2 Å². The molecule has 1 unspecified atom stereocenters. The van der Waals surface area contributed by atoms with Crippen molar-refractivity contribution in [1.29, 1.82) is 0 Å². The number of rotatable bonds is 0. The molecule has 0 saturated heterocycles. The quantitative estimate of drug-likeness (QED) is 0.645. The molecule has 0 aliphatic heterocycles. The summed E-state index contributed by atoms with van der Waals surface area (Å²) in [5.41, 5.74) is -5.08. The van der Waals surface area contributed by atoms with Crippen LogP contribution < -0.4 is 0 Å². The Kier molecular flexibility index (Phi) is 14.0. The maximum absolute atomic E-state index is 10.6. The van der Waals surface area contributed by atoms with Crippen LogP contribution in [-0.2, 0) is 22.5 Å². The molecule has 0 saturated carbocycles. The Labute approximate surface area is 86.0 Å². The van der Waals surface area contributed by atoms with E-state index in [0.29, 0.717) is 0 Å². The molecule has 1 atom stereocenters. The second kappa shape index (κ2) is 8.84. The molecule has 0 aliphatic rings. The first kappa shape index (κ1) is 18.9. The first-order valence-electron chi connectivity index (χ1n) is 1.57. The van der Waals surface area contributed by atoms with E-state index in [-0.39, 0.29) is 6.15 Å². The van der Waals surface area contributed by atoms with E-state index in [1.165, 1.54) is 0 Å². The van der Waals surface area contributed by atoms with Crippen molar-refractivity contribution in [2.45, 2.75) is 5.51 Å². The van der Waals surface area contributed by atoms with Gasteiger partial charge in [-0.05, 0) is 0 Å². The maximum atomic E-state index is 10.6. The van der Waals surface area contributed by atoms with Gasteiger partial charge in [0.2, 0.25) is 0 Å². The summed E-state index contributed by atoms with van der Waals surface area (Å²) in [6, 6.07) is 0. The molecule has 2 N–H and O–H groups in total. The summed E-state index contributed by atoms with van der Waals surface area (Å²) in [6.07, 6.45) is 0. The van der Waals surface area contributed by atoms with Crippen LogP contribution in [0.5, 0.6) is 0 Å². The first-order valence-corrected chi connectivity index (χ1v) is 7.91. The monoisotopic (exact) mass is 306 g/mol. The summed E-state index contributed by atoms with van der Waals surface area (Å²) in [7, 11) is 14.8. The smallest absolute Gasteiger partial charge is 0.693 e. The molecule has 0 heterocycles. The molecular weight excluding hydrogens is 305 g/mol. The van der Waals surface area contributed by atoms with Gasteiger partial charge in [-0.25, -0.2) is 0 Å². The molecule has 0 fully saturated rings. The molecule has 3 nitrogen and oxygen atoms in total. The average Bonchev–Trinajstić information content (AvgIpc) is 1.59. The summed E-state index contributed by atoms with van der Waals surface area (Å²) in [5, 5.41) is 0. The average molecular weight is 307 g/mol. The first-order chi connectivity index (χ1) is 4.68. The second-order valence-corrected chi connectivity index (χ2v) is 8.11. The van der Waals surface area contributed by atoms with Gasteiger partial charge in [0.15, 0.2) is 0 Å². The molecule has 0 radical (unpaired) electrons. The summed E-state index contributed by atoms with van der Waals surface area (Å²) in [4.78, 5) is 0. The molecule has 0 aliphatic carbocycles. The van der Waals surface area contributed by atoms with E-state index in [0.717, 1.165) is 0 Å². The Bertz CT molecular complexity index is 130. The van der Waals surface area contributed by atoms with Crippen LogP contribution in [0.25, 0.3) is 6.15 Å². The van der Waals surface area contributed by atoms with Crippen LogP contribution in [0.15, 0.2) is 0 Å². The van der Waals surface area contributed by atoms with Gasteiger partial charge < -0.3 is 10.7 Å². The zero-order valence-electron chi connectivity index (χ0n) is 4.98. The minimum absolute atomic E-state index is 0. The van der Waals surface area contributed by atoms with Crippen LogP contribution in [0.2, 0.25) is 0 Å². The van der Waals surface area contributed by atoms with Gasteiger partial charge in [0, 0.05) is 0 Å². The molecule has 79 valence electrons. The van der Waals surface area contributed by atoms with Gasteiger partial charge in [-0.1, -0.05) is 0 Å². The summed E-state index contributed by atoms with van der Waals surface area (Å²) in [5.74, 6) is 0. The van der Waals surface area contributed by atoms with Crippen molar-refractivity contribution in [2.75, 3.05) is 0 Å². The minimum Gasteiger partial charge on any atom is -0.693 e. The van der Waals surface area contributed by atoms with Gasteiger partial charge in [0.25, 0.3) is 0 Å². The van der Waals surface area contributed by atoms with Crippen LogP contribution in [0.1, 0.15) is 0 Å². The third kappa shape index (κ3) is 22.5. The van der Waals surface area contributed by atoms with Gasteiger partial charge in [0.05, 0.1) is 11.1 Å². The van der Waals surface area contributed by atoms with E-state index >= 15 is 0 Å². The van der Waals surface area contributed by atoms with Crippen molar-refractivity contribution in [2.24, 2.45) is 0 Å². The van der Waals surface area contributed by atoms with Crippen LogP contribution >= 0.6 is 30.1 Å². The third-order valence-corrected chi connectivity index (χ3v) is 0.567. The van der Waals surface area contributed by atoms with Gasteiger partial charge in [0.1, 0.15) is 0 Å². The minimum atomic E-state index is -5.08. The Morgan fingerprint density at radius 3 is 1.33 bits per heavy atom. The van der Waals surface area contributed by atoms with Gasteiger partial charge in [-0.15, -0.1) is 0 Å². The molecule has 12 heavy (non-hydrogen) atoms. The Hall–Kier alpha value is 1.26. The number of halogens is 6. The normalized spacial score (nSPS) is 12.7. The number of hydrogen-bond acceptors (Lipinski definition) is 2. The molecule has 0 aromatic rings. The molecular formula is CH2Cl3CrF3NO2S-2. The zero-order valence-corrected chi connectivity index (χ0v) is 9.34. The van der Waals surface area contributed by atoms with E-state index in [2.05, 4.69) is 0 Å². The van der Waals surface area contributed by atoms with Crippen molar-refractivity contribution in [1.82, 2.24) is 0 Å². The number of nitrogens with two attached hydrogens (primary N) is 1. The predicted molar refractivity (Wildman–Crippen MR) is 37.8 cm³/mol. The molecule has 0 rings (SSSR count). The van der Waals surface area contributed by atoms with Crippen molar-refractivity contribution in [3.63, 3.8) is 0 Å². The van der Waals surface area contributed by atoms with Crippen LogP contribution in [-0.4, -0.2) is 14.3 Å². The Morgan fingerprint density at radius 1 is 1.25 bits per heavy atom. The van der Waals surface area contributed by atoms with Crippen LogP contribution in [0.3, 0.4) is 0 Å². The molecule has 0 aromatic heterocycles. The Morgan fingerprint density at radius 2 is 1.33 bits per heavy atom. The Balaban J connectivity index is -0.000000142. The third-order valence-electron chi connectivity index (χ3n) is 0.189. The van der Waals surface area contributed by atoms with Crippen LogP contribution in [0.4, 0.5) is 13.2 Å². The van der Waals surface area contributed by atoms with Crippen molar-refractivity contribution >= 4 is 41.2 Å². The van der Waals surface area contributed by atoms with E-state index in [1.807, 2.05) is 0 Å². The molecule has 0 aromatic carbocycles. The van der Waals surface area contributed by atoms with E-state index in [1.54, 1.807) is 0 Å². The van der Waals surface area contributed by atoms with E-state index in [4.69, 9.17) is 38.9 Å². The van der Waals surface area contributed by atoms with E-state index < -0.39 is 28.0 Å². The number of alkyl halides is 3. The van der Waals surface area contributed by atoms with Crippen molar-refractivity contribution in [3.05, 3.63) is 6.15 Å². The second-order valence-electron chi connectivity index (χ2n) is 0.855. The topological polar surface area (TPSA) is 73.6 Å². The predicted octanol–water partition coefficient (Wildman–Crippen LogP) is 3.17. The van der Waals surface area contributed by atoms with Crippen molar-refractivity contribution in [3.8, 4) is 0 Å². The summed E-state index contributed by atoms with van der Waals surface area (Å²) < 4.78 is 49.5. The van der Waals surface area contributed by atoms with Gasteiger partial charge >= 0.3 is 47.0 Å². The molecule has 0 bridgehead atoms. The SMILES string of the molecule is O=S([O-])C(F)(F)F.[Cl][Cr]([Cl])[Cl].[NH2-]. The molecule has 0 amide bonds. The molecule has 0 spiro atoms. The largest absolute Gasteiger partial charge is 0.693 e. The fourth-order valence-corrected chi connectivity index (χ4v) is 0. The summed E-state index contributed by atoms with van der Waals surface area (Å²) in [6.45, 7) is 0. The fourth-order valence-electron chi connectivity index (χ4n) is 0. The summed E-state index contributed by atoms with van der Waals surface area (Å²) >= 11 is -5.56. The van der Waals surface area contributed by atoms with E-state index in [9.17, 15) is 13.2 Å². The zero-order chi connectivity index (χ0) is 9.65. The number of hydrogen-bond donors (Lipinski definition) is 0.